The lowest BCUT2D eigenvalue weighted by atomic mass is 9.68. The van der Waals surface area contributed by atoms with Gasteiger partial charge in [0.1, 0.15) is 11.5 Å². The van der Waals surface area contributed by atoms with Crippen LogP contribution in [-0.2, 0) is 20.6 Å². The smallest absolute Gasteiger partial charge is 0.418 e. The van der Waals surface area contributed by atoms with Crippen LogP contribution in [0.2, 0.25) is 0 Å². The molecular formula is C35H27BrF3N3O6S2. The molecule has 50 heavy (non-hydrogen) atoms. The summed E-state index contributed by atoms with van der Waals surface area (Å²) in [5.41, 5.74) is -0.229. The number of imide groups is 1. The van der Waals surface area contributed by atoms with E-state index in [9.17, 15) is 32.3 Å². The third-order valence-electron chi connectivity index (χ3n) is 10.2. The van der Waals surface area contributed by atoms with Crippen molar-refractivity contribution in [3.63, 3.8) is 0 Å². The van der Waals surface area contributed by atoms with E-state index in [2.05, 4.69) is 26.2 Å². The molecule has 1 aromatic heterocycles. The summed E-state index contributed by atoms with van der Waals surface area (Å²) >= 11 is 6.09. The monoisotopic (exact) mass is 785 g/mol. The Hall–Kier alpha value is -4.08. The molecule has 2 bridgehead atoms. The summed E-state index contributed by atoms with van der Waals surface area (Å²) in [5, 5.41) is 3.25. The number of amides is 3. The number of thioether (sulfide) groups is 1. The van der Waals surface area contributed by atoms with Crippen LogP contribution < -0.4 is 24.6 Å². The molecule has 2 N–H and O–H groups in total. The number of ether oxygens (including phenoxy) is 2. The quantitative estimate of drug-likeness (QED) is 0.196. The summed E-state index contributed by atoms with van der Waals surface area (Å²) < 4.78 is 54.1. The molecule has 7 atom stereocenters. The van der Waals surface area contributed by atoms with E-state index in [0.717, 1.165) is 31.7 Å². The maximum atomic E-state index is 14.1. The fourth-order valence-electron chi connectivity index (χ4n) is 8.42. The number of hydrogen-bond acceptors (Lipinski definition) is 8. The molecule has 3 amide bonds. The van der Waals surface area contributed by atoms with E-state index >= 15 is 0 Å². The lowest BCUT2D eigenvalue weighted by Gasteiger charge is -2.43. The minimum Gasteiger partial charge on any atom is -0.497 e. The minimum atomic E-state index is -4.76. The molecule has 1 saturated heterocycles. The molecule has 4 aliphatic rings. The summed E-state index contributed by atoms with van der Waals surface area (Å²) in [6.07, 6.45) is -4.21. The first-order valence-corrected chi connectivity index (χ1v) is 18.2. The normalized spacial score (nSPS) is 26.4. The molecule has 0 spiro atoms. The Labute approximate surface area is 299 Å². The Kier molecular flexibility index (Phi) is 8.14. The van der Waals surface area contributed by atoms with E-state index < -0.39 is 52.9 Å². The Morgan fingerprint density at radius 1 is 1.02 bits per heavy atom. The zero-order valence-electron chi connectivity index (χ0n) is 26.0. The van der Waals surface area contributed by atoms with Gasteiger partial charge in [-0.05, 0) is 78.8 Å². The number of H-pyrrole nitrogens is 1. The molecule has 0 radical (unpaired) electrons. The lowest BCUT2D eigenvalue weighted by Crippen LogP contribution is -2.42. The number of aromatic nitrogens is 1. The second-order valence-corrected chi connectivity index (χ2v) is 15.9. The van der Waals surface area contributed by atoms with Gasteiger partial charge in [0.2, 0.25) is 11.8 Å². The number of aromatic amines is 1. The van der Waals surface area contributed by atoms with Crippen LogP contribution in [-0.4, -0.2) is 41.7 Å². The number of thiazole rings is 1. The summed E-state index contributed by atoms with van der Waals surface area (Å²) in [5.74, 6) is -3.50. The number of anilines is 2. The predicted octanol–water partition coefficient (Wildman–Crippen LogP) is 6.92. The number of benzene rings is 3. The van der Waals surface area contributed by atoms with E-state index in [4.69, 9.17) is 9.47 Å². The van der Waals surface area contributed by atoms with Crippen LogP contribution in [0.1, 0.15) is 28.3 Å². The molecule has 258 valence electrons. The second-order valence-electron chi connectivity index (χ2n) is 12.7. The highest BCUT2D eigenvalue weighted by Crippen LogP contribution is 2.69. The topological polar surface area (TPSA) is 118 Å². The number of nitrogens with zero attached hydrogens (tertiary/aromatic N) is 1. The molecule has 3 fully saturated rings. The Morgan fingerprint density at radius 3 is 2.46 bits per heavy atom. The summed E-state index contributed by atoms with van der Waals surface area (Å²) in [6.45, 7) is -0.316. The molecule has 2 aliphatic heterocycles. The number of methoxy groups -OCH3 is 1. The molecule has 2 saturated carbocycles. The van der Waals surface area contributed by atoms with Crippen molar-refractivity contribution in [2.75, 3.05) is 23.9 Å². The third-order valence-corrected chi connectivity index (χ3v) is 13.3. The van der Waals surface area contributed by atoms with Crippen molar-refractivity contribution in [3.05, 3.63) is 96.9 Å². The molecule has 2 aliphatic carbocycles. The number of carbonyl (C=O) groups is 3. The highest BCUT2D eigenvalue weighted by molar-refractivity contribution is 9.10. The molecule has 4 unspecified atom stereocenters. The average molecular weight is 787 g/mol. The molecule has 9 nitrogen and oxygen atoms in total. The van der Waals surface area contributed by atoms with Crippen LogP contribution in [0.15, 0.2) is 81.0 Å². The Bertz CT molecular complexity index is 2100. The van der Waals surface area contributed by atoms with E-state index in [1.807, 2.05) is 6.07 Å². The number of para-hydroxylation sites is 1. The van der Waals surface area contributed by atoms with Gasteiger partial charge in [0.05, 0.1) is 35.2 Å². The first kappa shape index (κ1) is 33.1. The minimum absolute atomic E-state index is 0.205. The van der Waals surface area contributed by atoms with Gasteiger partial charge in [-0.25, -0.2) is 4.90 Å². The Balaban J connectivity index is 1.13. The maximum Gasteiger partial charge on any atom is 0.418 e. The van der Waals surface area contributed by atoms with Gasteiger partial charge in [-0.1, -0.05) is 39.4 Å². The van der Waals surface area contributed by atoms with E-state index in [1.54, 1.807) is 43.5 Å². The van der Waals surface area contributed by atoms with Crippen molar-refractivity contribution in [1.82, 2.24) is 4.98 Å². The van der Waals surface area contributed by atoms with Crippen LogP contribution in [0.3, 0.4) is 0 Å². The average Bonchev–Trinajstić information content (AvgIpc) is 3.82. The van der Waals surface area contributed by atoms with Gasteiger partial charge < -0.3 is 19.8 Å². The molecule has 3 heterocycles. The molecule has 3 aromatic carbocycles. The van der Waals surface area contributed by atoms with Crippen LogP contribution in [0.4, 0.5) is 24.5 Å². The van der Waals surface area contributed by atoms with Crippen molar-refractivity contribution >= 4 is 68.1 Å². The van der Waals surface area contributed by atoms with Gasteiger partial charge >= 0.3 is 11.0 Å². The largest absolute Gasteiger partial charge is 0.497 e. The predicted molar refractivity (Wildman–Crippen MR) is 184 cm³/mol. The number of nitrogens with one attached hydrogen (secondary N) is 2. The zero-order valence-corrected chi connectivity index (χ0v) is 29.3. The van der Waals surface area contributed by atoms with E-state index in [-0.39, 0.29) is 34.5 Å². The van der Waals surface area contributed by atoms with Crippen LogP contribution in [0, 0.1) is 29.6 Å². The van der Waals surface area contributed by atoms with Crippen LogP contribution in [0.5, 0.6) is 11.5 Å². The second kappa shape index (κ2) is 12.3. The van der Waals surface area contributed by atoms with Crippen molar-refractivity contribution in [3.8, 4) is 11.5 Å². The zero-order chi connectivity index (χ0) is 35.1. The number of rotatable bonds is 7. The number of carbonyl (C=O) groups excluding carboxylic acids is 3. The number of alkyl halides is 3. The van der Waals surface area contributed by atoms with Gasteiger partial charge in [-0.15, -0.1) is 11.8 Å². The van der Waals surface area contributed by atoms with Crippen molar-refractivity contribution < 1.29 is 37.0 Å². The van der Waals surface area contributed by atoms with Crippen molar-refractivity contribution in [2.24, 2.45) is 29.6 Å². The molecule has 15 heteroatoms. The molecular weight excluding hydrogens is 759 g/mol. The fourth-order valence-corrected chi connectivity index (χ4v) is 11.7. The lowest BCUT2D eigenvalue weighted by molar-refractivity contribution is -0.137. The maximum absolute atomic E-state index is 14.1. The van der Waals surface area contributed by atoms with Gasteiger partial charge in [0.15, 0.2) is 6.61 Å². The fraction of sp³-hybridized carbons (Fsp3) is 0.314. The summed E-state index contributed by atoms with van der Waals surface area (Å²) in [6, 6.07) is 16.9. The van der Waals surface area contributed by atoms with E-state index in [1.165, 1.54) is 30.0 Å². The number of halogens is 4. The first-order valence-electron chi connectivity index (χ1n) is 15.7. The van der Waals surface area contributed by atoms with Gasteiger partial charge in [-0.3, -0.25) is 19.2 Å². The SMILES string of the molecule is COc1ccc(NC(=O)COc2ccc(Br)cc2[C@H]2c3sc(=O)[nH]c3SC3C2[C@H]2C[C@@H]3C3C(=O)N(c4ccccc4C(F)(F)F)C(=O)C32)cc1. The third kappa shape index (κ3) is 5.35. The summed E-state index contributed by atoms with van der Waals surface area (Å²) in [7, 11) is 1.55. The standard InChI is InChI=1S/C35H27BrF3N3O6S2/c1-47-17-9-7-16(8-10-17)40-24(43)14-48-23-11-6-15(36)12-18(23)25-26-19-13-20(29(26)49-31-30(25)50-34(46)41-31)28-27(19)32(44)42(33(28)45)22-5-3-2-4-21(22)35(37,38)39/h2-12,19-20,25-29H,13-14H2,1H3,(H,40,43)(H,41,46)/t19-,20-,25-,26?,27?,28?,29?/m1/s1. The van der Waals surface area contributed by atoms with Gasteiger partial charge in [-0.2, -0.15) is 13.2 Å². The van der Waals surface area contributed by atoms with Crippen molar-refractivity contribution in [1.29, 1.82) is 0 Å². The summed E-state index contributed by atoms with van der Waals surface area (Å²) in [4.78, 5) is 58.0. The molecule has 8 rings (SSSR count). The highest BCUT2D eigenvalue weighted by atomic mass is 79.9. The number of hydrogen-bond donors (Lipinski definition) is 2. The van der Waals surface area contributed by atoms with Gasteiger partial charge in [0.25, 0.3) is 5.91 Å². The Morgan fingerprint density at radius 2 is 1.74 bits per heavy atom. The highest BCUT2D eigenvalue weighted by Gasteiger charge is 2.70. The first-order chi connectivity index (χ1) is 23.9. The van der Waals surface area contributed by atoms with E-state index in [0.29, 0.717) is 34.2 Å². The van der Waals surface area contributed by atoms with Gasteiger partial charge in [0, 0.05) is 31.8 Å². The van der Waals surface area contributed by atoms with Crippen molar-refractivity contribution in [2.45, 2.75) is 28.8 Å². The van der Waals surface area contributed by atoms with Crippen LogP contribution >= 0.6 is 39.0 Å². The molecule has 4 aromatic rings. The van der Waals surface area contributed by atoms with Crippen LogP contribution in [0.25, 0.3) is 0 Å². The number of fused-ring (bicyclic) bond motifs is 9.